The first-order valence-corrected chi connectivity index (χ1v) is 11.8. The Kier molecular flexibility index (Phi) is 11.9. The van der Waals surface area contributed by atoms with E-state index in [4.69, 9.17) is 15.2 Å². The molecule has 9 unspecified atom stereocenters. The van der Waals surface area contributed by atoms with Crippen molar-refractivity contribution in [1.82, 2.24) is 5.32 Å². The number of rotatable bonds is 2. The molecule has 0 radical (unpaired) electrons. The van der Waals surface area contributed by atoms with E-state index >= 15 is 0 Å². The van der Waals surface area contributed by atoms with Crippen molar-refractivity contribution < 1.29 is 39.8 Å². The second kappa shape index (κ2) is 14.4. The summed E-state index contributed by atoms with van der Waals surface area (Å²) in [7, 11) is 0. The lowest BCUT2D eigenvalue weighted by Gasteiger charge is -2.39. The number of hydrogen-bond acceptors (Lipinski definition) is 9. The predicted molar refractivity (Wildman–Crippen MR) is 134 cm³/mol. The molecule has 0 aromatic heterocycles. The van der Waals surface area contributed by atoms with Gasteiger partial charge in [0, 0.05) is 18.5 Å². The van der Waals surface area contributed by atoms with E-state index in [1.165, 1.54) is 37.3 Å². The van der Waals surface area contributed by atoms with Crippen molar-refractivity contribution in [3.8, 4) is 0 Å². The van der Waals surface area contributed by atoms with Crippen molar-refractivity contribution in [2.75, 3.05) is 13.2 Å². The van der Waals surface area contributed by atoms with Gasteiger partial charge >= 0.3 is 0 Å². The van der Waals surface area contributed by atoms with Gasteiger partial charge in [-0.25, -0.2) is 0 Å². The summed E-state index contributed by atoms with van der Waals surface area (Å²) in [6.45, 7) is 3.19. The number of nitrogens with one attached hydrogen (secondary N) is 1. The van der Waals surface area contributed by atoms with Crippen LogP contribution in [0.1, 0.15) is 13.8 Å². The third kappa shape index (κ3) is 9.23. The quantitative estimate of drug-likeness (QED) is 0.257. The van der Waals surface area contributed by atoms with Crippen LogP contribution in [0.5, 0.6) is 0 Å². The summed E-state index contributed by atoms with van der Waals surface area (Å²) >= 11 is 0. The van der Waals surface area contributed by atoms with Gasteiger partial charge in [0.25, 0.3) is 0 Å². The Morgan fingerprint density at radius 3 is 2.33 bits per heavy atom. The Morgan fingerprint density at radius 2 is 1.64 bits per heavy atom. The normalized spacial score (nSPS) is 39.2. The minimum atomic E-state index is -1.57. The SMILES string of the molecule is CC1CNC(=O)C=CC=CC(C)(O)C(OC2OCC(O)C(O)C2N)C=CC=CC=CC=CC(O)C1O. The zero-order valence-corrected chi connectivity index (χ0v) is 20.5. The summed E-state index contributed by atoms with van der Waals surface area (Å²) < 4.78 is 11.3. The number of carbonyl (C=O) groups is 1. The molecule has 0 aromatic carbocycles. The molecule has 10 heteroatoms. The molecule has 36 heavy (non-hydrogen) atoms. The standard InChI is InChI=1S/C26H38N2O8/c1-17-15-28-21(31)13-9-10-14-26(2,34)20(36-25-22(27)24(33)19(30)16-35-25)12-8-6-4-3-5-7-11-18(29)23(17)32/h3-14,17-20,22-25,29-30,32-34H,15-16,27H2,1-2H3,(H,28,31). The molecule has 1 fully saturated rings. The second-order valence-corrected chi connectivity index (χ2v) is 9.08. The van der Waals surface area contributed by atoms with Crippen LogP contribution in [0, 0.1) is 5.92 Å². The molecule has 1 saturated heterocycles. The van der Waals surface area contributed by atoms with Crippen LogP contribution in [-0.4, -0.2) is 93.0 Å². The highest BCUT2D eigenvalue weighted by Gasteiger charge is 2.40. The molecule has 0 spiro atoms. The van der Waals surface area contributed by atoms with Crippen LogP contribution in [-0.2, 0) is 14.3 Å². The fourth-order valence-electron chi connectivity index (χ4n) is 3.45. The molecule has 2 aliphatic rings. The van der Waals surface area contributed by atoms with Gasteiger partial charge in [-0.1, -0.05) is 73.8 Å². The maximum atomic E-state index is 12.1. The van der Waals surface area contributed by atoms with Crippen LogP contribution in [0.4, 0.5) is 0 Å². The Bertz CT molecular complexity index is 879. The number of ether oxygens (including phenoxy) is 2. The van der Waals surface area contributed by atoms with Crippen molar-refractivity contribution in [2.45, 2.75) is 62.3 Å². The van der Waals surface area contributed by atoms with Crippen LogP contribution in [0.2, 0.25) is 0 Å². The number of hydrogen-bond donors (Lipinski definition) is 7. The van der Waals surface area contributed by atoms with Gasteiger partial charge in [0.15, 0.2) is 6.29 Å². The Hall–Kier alpha value is -2.41. The van der Waals surface area contributed by atoms with Gasteiger partial charge in [-0.2, -0.15) is 0 Å². The first-order valence-electron chi connectivity index (χ1n) is 11.8. The van der Waals surface area contributed by atoms with Crippen LogP contribution >= 0.6 is 0 Å². The number of aliphatic hydroxyl groups is 5. The largest absolute Gasteiger partial charge is 0.390 e. The first-order chi connectivity index (χ1) is 17.0. The number of aliphatic hydroxyl groups excluding tert-OH is 4. The van der Waals surface area contributed by atoms with E-state index in [0.29, 0.717) is 0 Å². The topological polar surface area (TPSA) is 175 Å². The Balaban J connectivity index is 2.26. The monoisotopic (exact) mass is 506 g/mol. The van der Waals surface area contributed by atoms with E-state index in [1.807, 2.05) is 0 Å². The van der Waals surface area contributed by atoms with E-state index in [-0.39, 0.29) is 13.2 Å². The van der Waals surface area contributed by atoms with Gasteiger partial charge in [0.05, 0.1) is 24.9 Å². The molecule has 0 saturated carbocycles. The third-order valence-electron chi connectivity index (χ3n) is 5.86. The van der Waals surface area contributed by atoms with Crippen LogP contribution in [0.25, 0.3) is 0 Å². The fourth-order valence-corrected chi connectivity index (χ4v) is 3.45. The zero-order chi connectivity index (χ0) is 26.7. The summed E-state index contributed by atoms with van der Waals surface area (Å²) in [5.41, 5.74) is 4.39. The molecule has 2 aliphatic heterocycles. The molecule has 0 aliphatic carbocycles. The van der Waals surface area contributed by atoms with Gasteiger partial charge in [0.2, 0.25) is 5.91 Å². The highest BCUT2D eigenvalue weighted by atomic mass is 16.7. The van der Waals surface area contributed by atoms with Crippen LogP contribution in [0.3, 0.4) is 0 Å². The lowest BCUT2D eigenvalue weighted by Crippen LogP contribution is -2.59. The van der Waals surface area contributed by atoms with E-state index in [9.17, 15) is 30.3 Å². The van der Waals surface area contributed by atoms with E-state index < -0.39 is 60.3 Å². The molecular weight excluding hydrogens is 468 g/mol. The summed E-state index contributed by atoms with van der Waals surface area (Å²) in [6.07, 6.45) is 12.1. The summed E-state index contributed by atoms with van der Waals surface area (Å²) in [5, 5.41) is 53.9. The predicted octanol–water partition coefficient (Wildman–Crippen LogP) is -0.647. The number of carbonyl (C=O) groups excluding carboxylic acids is 1. The van der Waals surface area contributed by atoms with Gasteiger partial charge < -0.3 is 46.1 Å². The minimum absolute atomic E-state index is 0.151. The van der Waals surface area contributed by atoms with E-state index in [1.54, 1.807) is 49.5 Å². The molecule has 0 aromatic rings. The van der Waals surface area contributed by atoms with Crippen molar-refractivity contribution >= 4 is 5.91 Å². The highest BCUT2D eigenvalue weighted by molar-refractivity contribution is 5.87. The van der Waals surface area contributed by atoms with Crippen molar-refractivity contribution in [3.63, 3.8) is 0 Å². The number of allylic oxidation sites excluding steroid dienone is 8. The average Bonchev–Trinajstić information content (AvgIpc) is 2.84. The molecule has 9 atom stereocenters. The molecule has 10 nitrogen and oxygen atoms in total. The van der Waals surface area contributed by atoms with Crippen molar-refractivity contribution in [1.29, 1.82) is 0 Å². The summed E-state index contributed by atoms with van der Waals surface area (Å²) in [6, 6.07) is -1.03. The molecule has 2 rings (SSSR count). The summed E-state index contributed by atoms with van der Waals surface area (Å²) in [4.78, 5) is 12.1. The first kappa shape index (κ1) is 29.8. The smallest absolute Gasteiger partial charge is 0.243 e. The average molecular weight is 507 g/mol. The van der Waals surface area contributed by atoms with Crippen LogP contribution < -0.4 is 11.1 Å². The highest BCUT2D eigenvalue weighted by Crippen LogP contribution is 2.23. The summed E-state index contributed by atoms with van der Waals surface area (Å²) in [5.74, 6) is -0.809. The molecule has 2 heterocycles. The van der Waals surface area contributed by atoms with Crippen molar-refractivity contribution in [3.05, 3.63) is 72.9 Å². The van der Waals surface area contributed by atoms with Gasteiger partial charge in [0.1, 0.15) is 23.9 Å². The fraction of sp³-hybridized carbons (Fsp3) is 0.500. The van der Waals surface area contributed by atoms with E-state index in [2.05, 4.69) is 5.32 Å². The number of amides is 1. The maximum Gasteiger partial charge on any atom is 0.243 e. The molecule has 200 valence electrons. The lowest BCUT2D eigenvalue weighted by atomic mass is 9.96. The molecular formula is C26H38N2O8. The molecule has 1 amide bonds. The zero-order valence-electron chi connectivity index (χ0n) is 20.5. The lowest BCUT2D eigenvalue weighted by molar-refractivity contribution is -0.251. The third-order valence-corrected chi connectivity index (χ3v) is 5.86. The second-order valence-electron chi connectivity index (χ2n) is 9.08. The Labute approximate surface area is 211 Å². The maximum absolute atomic E-state index is 12.1. The van der Waals surface area contributed by atoms with Gasteiger partial charge in [-0.15, -0.1) is 0 Å². The number of nitrogens with two attached hydrogens (primary N) is 1. The minimum Gasteiger partial charge on any atom is -0.390 e. The molecule has 0 bridgehead atoms. The van der Waals surface area contributed by atoms with Gasteiger partial charge in [-0.3, -0.25) is 4.79 Å². The van der Waals surface area contributed by atoms with Gasteiger partial charge in [-0.05, 0) is 6.92 Å². The van der Waals surface area contributed by atoms with Crippen molar-refractivity contribution in [2.24, 2.45) is 11.7 Å². The molecule has 8 N–H and O–H groups in total. The Morgan fingerprint density at radius 1 is 1.00 bits per heavy atom. The van der Waals surface area contributed by atoms with Crippen LogP contribution in [0.15, 0.2) is 72.9 Å². The van der Waals surface area contributed by atoms with E-state index in [0.717, 1.165) is 0 Å².